The van der Waals surface area contributed by atoms with E-state index >= 15 is 0 Å². The fourth-order valence-corrected chi connectivity index (χ4v) is 2.36. The van der Waals surface area contributed by atoms with Crippen LogP contribution in [-0.4, -0.2) is 9.97 Å². The minimum Gasteiger partial charge on any atom is -0.353 e. The first-order chi connectivity index (χ1) is 8.42. The summed E-state index contributed by atoms with van der Waals surface area (Å²) in [5.74, 6) is 0. The lowest BCUT2D eigenvalue weighted by atomic mass is 10.1. The second kappa shape index (κ2) is 4.24. The van der Waals surface area contributed by atoms with Gasteiger partial charge in [-0.1, -0.05) is 36.4 Å². The molecule has 4 rings (SSSR count). The number of aromatic amines is 1. The third kappa shape index (κ3) is 1.58. The average molecular weight is 346 g/mol. The third-order valence-corrected chi connectivity index (χ3v) is 3.18. The van der Waals surface area contributed by atoms with Crippen LogP contribution in [0, 0.1) is 0 Å². The van der Waals surface area contributed by atoms with E-state index in [1.165, 1.54) is 10.8 Å². The molecule has 0 amide bonds. The van der Waals surface area contributed by atoms with Crippen molar-refractivity contribution in [3.05, 3.63) is 54.6 Å². The molecule has 0 fully saturated rings. The van der Waals surface area contributed by atoms with Gasteiger partial charge in [-0.2, -0.15) is 0 Å². The highest BCUT2D eigenvalue weighted by atomic mass is 127. The number of H-pyrrole nitrogens is 1. The van der Waals surface area contributed by atoms with E-state index in [4.69, 9.17) is 0 Å². The van der Waals surface area contributed by atoms with Gasteiger partial charge in [0.15, 0.2) is 0 Å². The topological polar surface area (TPSA) is 28.7 Å². The Morgan fingerprint density at radius 2 is 1.67 bits per heavy atom. The number of para-hydroxylation sites is 2. The van der Waals surface area contributed by atoms with Gasteiger partial charge in [0.2, 0.25) is 0 Å². The first-order valence-corrected chi connectivity index (χ1v) is 5.68. The minimum absolute atomic E-state index is 0. The van der Waals surface area contributed by atoms with Gasteiger partial charge < -0.3 is 4.98 Å². The van der Waals surface area contributed by atoms with Crippen molar-refractivity contribution in [2.45, 2.75) is 0 Å². The SMILES string of the molecule is I.c1ccc2[nH]c3c4ccccc4nc-3cc2c1. The van der Waals surface area contributed by atoms with E-state index in [0.29, 0.717) is 0 Å². The summed E-state index contributed by atoms with van der Waals surface area (Å²) in [6, 6.07) is 18.7. The molecule has 0 aromatic heterocycles. The van der Waals surface area contributed by atoms with Crippen LogP contribution in [0.4, 0.5) is 0 Å². The number of rotatable bonds is 0. The van der Waals surface area contributed by atoms with Gasteiger partial charge in [0.25, 0.3) is 0 Å². The van der Waals surface area contributed by atoms with Crippen LogP contribution in [0.1, 0.15) is 0 Å². The Balaban J connectivity index is 0.000001000. The van der Waals surface area contributed by atoms with Gasteiger partial charge in [0.05, 0.1) is 16.9 Å². The minimum atomic E-state index is 0. The molecule has 0 atom stereocenters. The molecule has 18 heavy (non-hydrogen) atoms. The highest BCUT2D eigenvalue weighted by Crippen LogP contribution is 2.31. The molecule has 3 heteroatoms. The first-order valence-electron chi connectivity index (χ1n) is 5.68. The fourth-order valence-electron chi connectivity index (χ4n) is 2.36. The standard InChI is InChI=1S/C15H10N2.HI/c1-3-7-12-10(5-1)9-14-15(17-12)11-6-2-4-8-13(11)16-14;/h1-9,17H;1H. The molecule has 2 aromatic carbocycles. The summed E-state index contributed by atoms with van der Waals surface area (Å²) in [6.07, 6.45) is 0. The molecule has 88 valence electrons. The molecule has 2 aliphatic rings. The van der Waals surface area contributed by atoms with Crippen molar-refractivity contribution in [3.63, 3.8) is 0 Å². The quantitative estimate of drug-likeness (QED) is 0.469. The zero-order valence-electron chi connectivity index (χ0n) is 9.55. The summed E-state index contributed by atoms with van der Waals surface area (Å²) in [5.41, 5.74) is 4.36. The Kier molecular flexibility index (Phi) is 2.70. The largest absolute Gasteiger partial charge is 0.353 e. The summed E-state index contributed by atoms with van der Waals surface area (Å²) < 4.78 is 0. The molecule has 2 aliphatic heterocycles. The summed E-state index contributed by atoms with van der Waals surface area (Å²) in [7, 11) is 0. The number of benzene rings is 2. The summed E-state index contributed by atoms with van der Waals surface area (Å²) in [6.45, 7) is 0. The zero-order chi connectivity index (χ0) is 11.2. The van der Waals surface area contributed by atoms with Gasteiger partial charge in [-0.05, 0) is 18.2 Å². The van der Waals surface area contributed by atoms with Gasteiger partial charge in [0.1, 0.15) is 0 Å². The highest BCUT2D eigenvalue weighted by Gasteiger charge is 2.12. The highest BCUT2D eigenvalue weighted by molar-refractivity contribution is 14.0. The summed E-state index contributed by atoms with van der Waals surface area (Å²) in [4.78, 5) is 8.10. The van der Waals surface area contributed by atoms with Crippen molar-refractivity contribution < 1.29 is 0 Å². The van der Waals surface area contributed by atoms with Crippen LogP contribution < -0.4 is 0 Å². The van der Waals surface area contributed by atoms with E-state index in [0.717, 1.165) is 22.4 Å². The molecule has 2 heterocycles. The van der Waals surface area contributed by atoms with Crippen molar-refractivity contribution in [3.8, 4) is 11.4 Å². The molecule has 2 nitrogen and oxygen atoms in total. The van der Waals surface area contributed by atoms with Crippen molar-refractivity contribution in [2.24, 2.45) is 0 Å². The molecule has 0 unspecified atom stereocenters. The number of nitrogens with one attached hydrogen (secondary N) is 1. The predicted octanol–water partition coefficient (Wildman–Crippen LogP) is 4.44. The average Bonchev–Trinajstić information content (AvgIpc) is 2.73. The van der Waals surface area contributed by atoms with E-state index in [1.807, 2.05) is 30.3 Å². The molecule has 0 spiro atoms. The molecule has 1 N–H and O–H groups in total. The molecular formula is C15H11IN2. The van der Waals surface area contributed by atoms with E-state index < -0.39 is 0 Å². The number of hydrogen-bond acceptors (Lipinski definition) is 1. The molecule has 0 bridgehead atoms. The van der Waals surface area contributed by atoms with E-state index in [9.17, 15) is 0 Å². The monoisotopic (exact) mass is 346 g/mol. The zero-order valence-corrected chi connectivity index (χ0v) is 11.9. The molecule has 0 aliphatic carbocycles. The Labute approximate surface area is 121 Å². The maximum Gasteiger partial charge on any atom is 0.0885 e. The van der Waals surface area contributed by atoms with Crippen LogP contribution in [0.3, 0.4) is 0 Å². The summed E-state index contributed by atoms with van der Waals surface area (Å²) in [5, 5.41) is 2.39. The lowest BCUT2D eigenvalue weighted by Gasteiger charge is -2.03. The molecule has 0 radical (unpaired) electrons. The fraction of sp³-hybridized carbons (Fsp3) is 0. The van der Waals surface area contributed by atoms with Gasteiger partial charge in [-0.15, -0.1) is 24.0 Å². The Morgan fingerprint density at radius 3 is 2.61 bits per heavy atom. The van der Waals surface area contributed by atoms with Crippen LogP contribution in [0.25, 0.3) is 33.2 Å². The van der Waals surface area contributed by atoms with Gasteiger partial charge in [-0.3, -0.25) is 0 Å². The van der Waals surface area contributed by atoms with Gasteiger partial charge in [-0.25, -0.2) is 4.98 Å². The smallest absolute Gasteiger partial charge is 0.0885 e. The lowest BCUT2D eigenvalue weighted by Crippen LogP contribution is -1.84. The Bertz CT molecular complexity index is 798. The van der Waals surface area contributed by atoms with Crippen molar-refractivity contribution in [2.75, 3.05) is 0 Å². The second-order valence-electron chi connectivity index (χ2n) is 4.25. The van der Waals surface area contributed by atoms with Crippen LogP contribution in [0.2, 0.25) is 0 Å². The molecule has 0 saturated carbocycles. The third-order valence-electron chi connectivity index (χ3n) is 3.18. The van der Waals surface area contributed by atoms with E-state index in [2.05, 4.69) is 34.2 Å². The number of aromatic nitrogens is 2. The van der Waals surface area contributed by atoms with Crippen LogP contribution in [-0.2, 0) is 0 Å². The Morgan fingerprint density at radius 1 is 0.889 bits per heavy atom. The van der Waals surface area contributed by atoms with Gasteiger partial charge in [0, 0.05) is 16.3 Å². The predicted molar refractivity (Wildman–Crippen MR) is 85.6 cm³/mol. The van der Waals surface area contributed by atoms with Crippen LogP contribution in [0.5, 0.6) is 0 Å². The summed E-state index contributed by atoms with van der Waals surface area (Å²) >= 11 is 0. The van der Waals surface area contributed by atoms with Gasteiger partial charge >= 0.3 is 0 Å². The molecule has 0 saturated heterocycles. The number of nitrogens with zero attached hydrogens (tertiary/aromatic N) is 1. The van der Waals surface area contributed by atoms with Crippen molar-refractivity contribution in [1.82, 2.24) is 9.97 Å². The number of pyridine rings is 1. The maximum atomic E-state index is 4.63. The van der Waals surface area contributed by atoms with Crippen molar-refractivity contribution in [1.29, 1.82) is 0 Å². The number of halogens is 1. The number of hydrogen-bond donors (Lipinski definition) is 1. The lowest BCUT2D eigenvalue weighted by molar-refractivity contribution is 1.37. The molecule has 2 aromatic rings. The van der Waals surface area contributed by atoms with E-state index in [-0.39, 0.29) is 24.0 Å². The second-order valence-corrected chi connectivity index (χ2v) is 4.25. The van der Waals surface area contributed by atoms with Crippen LogP contribution in [0.15, 0.2) is 54.6 Å². The Hall–Kier alpha value is -1.62. The van der Waals surface area contributed by atoms with E-state index in [1.54, 1.807) is 0 Å². The number of fused-ring (bicyclic) bond motifs is 4. The molecular weight excluding hydrogens is 335 g/mol. The van der Waals surface area contributed by atoms with Crippen LogP contribution >= 0.6 is 24.0 Å². The first kappa shape index (κ1) is 11.5. The normalized spacial score (nSPS) is 10.9. The van der Waals surface area contributed by atoms with Crippen molar-refractivity contribution >= 4 is 45.8 Å². The maximum absolute atomic E-state index is 4.63.